The number of rotatable bonds is 6. The molecule has 144 valence electrons. The maximum atomic E-state index is 12.2. The van der Waals surface area contributed by atoms with E-state index in [0.29, 0.717) is 12.4 Å². The number of nitrogens with zero attached hydrogens (tertiary/aromatic N) is 1. The Kier molecular flexibility index (Phi) is 6.32. The average Bonchev–Trinajstić information content (AvgIpc) is 2.66. The van der Waals surface area contributed by atoms with Crippen molar-refractivity contribution in [2.24, 2.45) is 0 Å². The fraction of sp³-hybridized carbons (Fsp3) is 0.455. The first-order valence-electron chi connectivity index (χ1n) is 9.79. The summed E-state index contributed by atoms with van der Waals surface area (Å²) >= 11 is 0. The van der Waals surface area contributed by atoms with Crippen molar-refractivity contribution in [2.45, 2.75) is 65.1 Å². The Bertz CT molecular complexity index is 772. The molecule has 1 heterocycles. The molecular weight excluding hydrogens is 338 g/mol. The molecule has 0 aliphatic heterocycles. The van der Waals surface area contributed by atoms with Gasteiger partial charge in [0.05, 0.1) is 12.1 Å². The van der Waals surface area contributed by atoms with Gasteiger partial charge in [-0.25, -0.2) is 9.78 Å². The van der Waals surface area contributed by atoms with Crippen molar-refractivity contribution in [1.82, 2.24) is 15.6 Å². The number of pyridine rings is 1. The van der Waals surface area contributed by atoms with Crippen LogP contribution in [0.15, 0.2) is 36.5 Å². The number of benzene rings is 1. The van der Waals surface area contributed by atoms with Gasteiger partial charge in [-0.1, -0.05) is 24.3 Å². The highest BCUT2D eigenvalue weighted by Crippen LogP contribution is 2.24. The summed E-state index contributed by atoms with van der Waals surface area (Å²) in [5, 5.41) is 5.91. The number of aromatic nitrogens is 1. The standard InChI is InChI=1S/C22H29N3O2/c1-15(2)27-21-11-8-17(13-23-21)14-24-22(26)25-16(3)19-10-9-18-6-4-5-7-20(18)12-19/h8-13,15-16H,4-7,14H2,1-3H3,(H2,24,25,26). The van der Waals surface area contributed by atoms with Crippen LogP contribution in [-0.4, -0.2) is 17.1 Å². The van der Waals surface area contributed by atoms with Crippen LogP contribution in [0, 0.1) is 0 Å². The van der Waals surface area contributed by atoms with Crippen molar-refractivity contribution >= 4 is 6.03 Å². The first kappa shape index (κ1) is 19.2. The van der Waals surface area contributed by atoms with Crippen molar-refractivity contribution in [1.29, 1.82) is 0 Å². The molecule has 1 aliphatic rings. The number of fused-ring (bicyclic) bond motifs is 1. The van der Waals surface area contributed by atoms with E-state index in [1.807, 2.05) is 32.9 Å². The number of hydrogen-bond acceptors (Lipinski definition) is 3. The van der Waals surface area contributed by atoms with Crippen LogP contribution in [0.25, 0.3) is 0 Å². The van der Waals surface area contributed by atoms with E-state index in [2.05, 4.69) is 33.8 Å². The molecule has 1 aromatic heterocycles. The first-order valence-corrected chi connectivity index (χ1v) is 9.79. The van der Waals surface area contributed by atoms with Gasteiger partial charge in [-0.2, -0.15) is 0 Å². The number of aryl methyl sites for hydroxylation is 2. The number of nitrogens with one attached hydrogen (secondary N) is 2. The third kappa shape index (κ3) is 5.46. The molecular formula is C22H29N3O2. The number of urea groups is 1. The highest BCUT2D eigenvalue weighted by Gasteiger charge is 2.14. The molecule has 1 aromatic carbocycles. The molecule has 0 bridgehead atoms. The number of carbonyl (C=O) groups is 1. The lowest BCUT2D eigenvalue weighted by molar-refractivity contribution is 0.232. The zero-order valence-electron chi connectivity index (χ0n) is 16.4. The van der Waals surface area contributed by atoms with Crippen molar-refractivity contribution in [3.05, 3.63) is 58.8 Å². The van der Waals surface area contributed by atoms with Crippen LogP contribution in [0.3, 0.4) is 0 Å². The van der Waals surface area contributed by atoms with Gasteiger partial charge in [0, 0.05) is 18.8 Å². The first-order chi connectivity index (χ1) is 13.0. The predicted octanol–water partition coefficient (Wildman–Crippen LogP) is 4.31. The lowest BCUT2D eigenvalue weighted by atomic mass is 9.89. The van der Waals surface area contributed by atoms with E-state index in [-0.39, 0.29) is 18.2 Å². The minimum absolute atomic E-state index is 0.0304. The van der Waals surface area contributed by atoms with Crippen molar-refractivity contribution < 1.29 is 9.53 Å². The Morgan fingerprint density at radius 2 is 1.89 bits per heavy atom. The largest absolute Gasteiger partial charge is 0.475 e. The summed E-state index contributed by atoms with van der Waals surface area (Å²) in [5.74, 6) is 0.597. The summed E-state index contributed by atoms with van der Waals surface area (Å²) in [6.07, 6.45) is 6.68. The van der Waals surface area contributed by atoms with Gasteiger partial charge < -0.3 is 15.4 Å². The van der Waals surface area contributed by atoms with Crippen LogP contribution in [0.1, 0.15) is 61.9 Å². The monoisotopic (exact) mass is 367 g/mol. The minimum Gasteiger partial charge on any atom is -0.475 e. The van der Waals surface area contributed by atoms with E-state index < -0.39 is 0 Å². The van der Waals surface area contributed by atoms with E-state index >= 15 is 0 Å². The summed E-state index contributed by atoms with van der Waals surface area (Å²) in [6.45, 7) is 6.37. The van der Waals surface area contributed by atoms with E-state index in [1.54, 1.807) is 6.20 Å². The average molecular weight is 367 g/mol. The SMILES string of the molecule is CC(C)Oc1ccc(CNC(=O)NC(C)c2ccc3c(c2)CCCC3)cn1. The second-order valence-corrected chi connectivity index (χ2v) is 7.46. The van der Waals surface area contributed by atoms with E-state index in [4.69, 9.17) is 4.74 Å². The van der Waals surface area contributed by atoms with Crippen molar-refractivity contribution in [3.63, 3.8) is 0 Å². The molecule has 1 aliphatic carbocycles. The summed E-state index contributed by atoms with van der Waals surface area (Å²) in [6, 6.07) is 10.1. The topological polar surface area (TPSA) is 63.2 Å². The smallest absolute Gasteiger partial charge is 0.315 e. The number of hydrogen-bond donors (Lipinski definition) is 2. The van der Waals surface area contributed by atoms with Crippen LogP contribution in [-0.2, 0) is 19.4 Å². The lowest BCUT2D eigenvalue weighted by Crippen LogP contribution is -2.36. The van der Waals surface area contributed by atoms with Gasteiger partial charge in [0.2, 0.25) is 5.88 Å². The quantitative estimate of drug-likeness (QED) is 0.800. The molecule has 1 atom stereocenters. The maximum Gasteiger partial charge on any atom is 0.315 e. The van der Waals surface area contributed by atoms with Crippen LogP contribution in [0.4, 0.5) is 4.79 Å². The Morgan fingerprint density at radius 3 is 2.59 bits per heavy atom. The lowest BCUT2D eigenvalue weighted by Gasteiger charge is -2.20. The summed E-state index contributed by atoms with van der Waals surface area (Å²) < 4.78 is 5.53. The van der Waals surface area contributed by atoms with Gasteiger partial charge >= 0.3 is 6.03 Å². The van der Waals surface area contributed by atoms with E-state index in [9.17, 15) is 4.79 Å². The van der Waals surface area contributed by atoms with Gasteiger partial charge in [-0.15, -0.1) is 0 Å². The molecule has 0 saturated heterocycles. The van der Waals surface area contributed by atoms with Crippen LogP contribution < -0.4 is 15.4 Å². The molecule has 2 N–H and O–H groups in total. The van der Waals surface area contributed by atoms with Crippen LogP contribution >= 0.6 is 0 Å². The molecule has 0 radical (unpaired) electrons. The van der Waals surface area contributed by atoms with Gasteiger partial charge in [0.1, 0.15) is 0 Å². The van der Waals surface area contributed by atoms with Crippen molar-refractivity contribution in [2.75, 3.05) is 0 Å². The molecule has 27 heavy (non-hydrogen) atoms. The van der Waals surface area contributed by atoms with E-state index in [0.717, 1.165) is 17.5 Å². The fourth-order valence-electron chi connectivity index (χ4n) is 3.36. The number of carbonyl (C=O) groups excluding carboxylic acids is 1. The fourth-order valence-corrected chi connectivity index (χ4v) is 3.36. The molecule has 3 rings (SSSR count). The Morgan fingerprint density at radius 1 is 1.11 bits per heavy atom. The van der Waals surface area contributed by atoms with Gasteiger partial charge in [0.25, 0.3) is 0 Å². The Hall–Kier alpha value is -2.56. The second-order valence-electron chi connectivity index (χ2n) is 7.46. The normalized spacial score (nSPS) is 14.4. The van der Waals surface area contributed by atoms with Gasteiger partial charge in [-0.3, -0.25) is 0 Å². The zero-order valence-corrected chi connectivity index (χ0v) is 16.4. The Balaban J connectivity index is 1.50. The van der Waals surface area contributed by atoms with Gasteiger partial charge in [0.15, 0.2) is 0 Å². The molecule has 0 fully saturated rings. The molecule has 2 amide bonds. The minimum atomic E-state index is -0.178. The number of ether oxygens (including phenoxy) is 1. The van der Waals surface area contributed by atoms with Crippen molar-refractivity contribution in [3.8, 4) is 5.88 Å². The zero-order chi connectivity index (χ0) is 19.2. The molecule has 2 aromatic rings. The van der Waals surface area contributed by atoms with Crippen LogP contribution in [0.5, 0.6) is 5.88 Å². The van der Waals surface area contributed by atoms with Crippen LogP contribution in [0.2, 0.25) is 0 Å². The van der Waals surface area contributed by atoms with E-state index in [1.165, 1.54) is 30.4 Å². The number of amides is 2. The predicted molar refractivity (Wildman–Crippen MR) is 107 cm³/mol. The molecule has 1 unspecified atom stereocenters. The summed E-state index contributed by atoms with van der Waals surface area (Å²) in [4.78, 5) is 16.5. The molecule has 0 saturated carbocycles. The second kappa shape index (κ2) is 8.89. The summed E-state index contributed by atoms with van der Waals surface area (Å²) in [7, 11) is 0. The highest BCUT2D eigenvalue weighted by molar-refractivity contribution is 5.74. The highest BCUT2D eigenvalue weighted by atomic mass is 16.5. The Labute approximate surface area is 161 Å². The van der Waals surface area contributed by atoms with Gasteiger partial charge in [-0.05, 0) is 68.7 Å². The summed E-state index contributed by atoms with van der Waals surface area (Å²) in [5.41, 5.74) is 4.98. The molecule has 5 nitrogen and oxygen atoms in total. The molecule has 5 heteroatoms. The maximum absolute atomic E-state index is 12.2. The third-order valence-electron chi connectivity index (χ3n) is 4.83. The molecule has 0 spiro atoms. The third-order valence-corrected chi connectivity index (χ3v) is 4.83.